The highest BCUT2D eigenvalue weighted by Gasteiger charge is 2.23. The molecule has 0 aliphatic heterocycles. The molecule has 0 aliphatic rings. The molecule has 0 saturated carbocycles. The molecule has 0 amide bonds. The number of aromatic nitrogens is 5. The van der Waals surface area contributed by atoms with Gasteiger partial charge in [-0.25, -0.2) is 27.2 Å². The number of nitrogens with zero attached hydrogens (tertiary/aromatic N) is 6. The summed E-state index contributed by atoms with van der Waals surface area (Å²) >= 11 is 0. The Labute approximate surface area is 177 Å². The first-order chi connectivity index (χ1) is 13.9. The Morgan fingerprint density at radius 1 is 1.13 bits per heavy atom. The third-order valence-electron chi connectivity index (χ3n) is 5.01. The van der Waals surface area contributed by atoms with Gasteiger partial charge >= 0.3 is 5.69 Å². The summed E-state index contributed by atoms with van der Waals surface area (Å²) in [5, 5.41) is 4.42. The molecule has 2 heterocycles. The van der Waals surface area contributed by atoms with Crippen molar-refractivity contribution in [1.82, 2.24) is 28.2 Å². The van der Waals surface area contributed by atoms with Crippen LogP contribution in [0.1, 0.15) is 45.8 Å². The minimum absolute atomic E-state index is 0.189. The van der Waals surface area contributed by atoms with Crippen LogP contribution < -0.4 is 5.69 Å². The normalized spacial score (nSPS) is 12.9. The molecule has 30 heavy (non-hydrogen) atoms. The molecule has 0 atom stereocenters. The molecule has 0 radical (unpaired) electrons. The van der Waals surface area contributed by atoms with Crippen molar-refractivity contribution in [2.24, 2.45) is 0 Å². The van der Waals surface area contributed by atoms with E-state index in [1.54, 1.807) is 29.7 Å². The van der Waals surface area contributed by atoms with Crippen LogP contribution in [0.5, 0.6) is 0 Å². The third-order valence-corrected chi connectivity index (χ3v) is 6.82. The van der Waals surface area contributed by atoms with E-state index in [1.807, 2.05) is 25.3 Å². The first-order valence-corrected chi connectivity index (χ1v) is 11.4. The molecule has 3 aromatic rings. The Kier molecular flexibility index (Phi) is 5.68. The van der Waals surface area contributed by atoms with E-state index in [1.165, 1.54) is 23.1 Å². The van der Waals surface area contributed by atoms with Crippen LogP contribution in [0.4, 0.5) is 0 Å². The van der Waals surface area contributed by atoms with E-state index in [0.717, 1.165) is 11.9 Å². The molecule has 0 spiro atoms. The van der Waals surface area contributed by atoms with Crippen molar-refractivity contribution in [1.29, 1.82) is 0 Å². The second kappa shape index (κ2) is 7.66. The maximum absolute atomic E-state index is 12.9. The van der Waals surface area contributed by atoms with Crippen molar-refractivity contribution in [2.45, 2.75) is 64.6 Å². The fraction of sp³-hybridized carbons (Fsp3) is 0.550. The predicted octanol–water partition coefficient (Wildman–Crippen LogP) is 2.17. The van der Waals surface area contributed by atoms with Crippen LogP contribution in [0, 0.1) is 6.92 Å². The minimum atomic E-state index is -3.55. The number of benzene rings is 1. The summed E-state index contributed by atoms with van der Waals surface area (Å²) in [6.07, 6.45) is 0.880. The minimum Gasteiger partial charge on any atom is -0.326 e. The smallest absolute Gasteiger partial charge is 0.326 e. The third kappa shape index (κ3) is 3.81. The monoisotopic (exact) mass is 434 g/mol. The van der Waals surface area contributed by atoms with E-state index < -0.39 is 15.6 Å². The molecule has 1 aromatic carbocycles. The van der Waals surface area contributed by atoms with Crippen LogP contribution in [0.2, 0.25) is 0 Å². The highest BCUT2D eigenvalue weighted by molar-refractivity contribution is 7.89. The van der Waals surface area contributed by atoms with Gasteiger partial charge in [-0.15, -0.1) is 0 Å². The van der Waals surface area contributed by atoms with Gasteiger partial charge in [0, 0.05) is 20.6 Å². The number of imidazole rings is 1. The van der Waals surface area contributed by atoms with Crippen molar-refractivity contribution in [3.8, 4) is 0 Å². The van der Waals surface area contributed by atoms with E-state index in [4.69, 9.17) is 4.98 Å². The van der Waals surface area contributed by atoms with Gasteiger partial charge in [-0.2, -0.15) is 5.10 Å². The number of rotatable bonds is 6. The molecular formula is C20H30N6O3S. The Morgan fingerprint density at radius 2 is 1.80 bits per heavy atom. The van der Waals surface area contributed by atoms with Crippen LogP contribution >= 0.6 is 0 Å². The van der Waals surface area contributed by atoms with Gasteiger partial charge in [0.25, 0.3) is 0 Å². The molecule has 164 valence electrons. The van der Waals surface area contributed by atoms with E-state index in [2.05, 4.69) is 12.0 Å². The van der Waals surface area contributed by atoms with Crippen molar-refractivity contribution in [2.75, 3.05) is 14.1 Å². The molecule has 0 fully saturated rings. The number of hydrogen-bond donors (Lipinski definition) is 0. The number of aryl methyl sites for hydroxylation is 2. The summed E-state index contributed by atoms with van der Waals surface area (Å²) in [5.41, 5.74) is 0.825. The van der Waals surface area contributed by atoms with Crippen molar-refractivity contribution in [3.05, 3.63) is 40.3 Å². The second-order valence-corrected chi connectivity index (χ2v) is 10.8. The lowest BCUT2D eigenvalue weighted by Crippen LogP contribution is -2.36. The molecule has 0 N–H and O–H groups in total. The van der Waals surface area contributed by atoms with Crippen LogP contribution in [0.25, 0.3) is 11.0 Å². The average Bonchev–Trinajstić information content (AvgIpc) is 3.13. The van der Waals surface area contributed by atoms with Gasteiger partial charge in [0.2, 0.25) is 10.0 Å². The molecule has 0 bridgehead atoms. The van der Waals surface area contributed by atoms with Crippen molar-refractivity contribution in [3.63, 3.8) is 0 Å². The largest absolute Gasteiger partial charge is 0.346 e. The number of fused-ring (bicyclic) bond motifs is 1. The molecule has 0 saturated heterocycles. The zero-order valence-electron chi connectivity index (χ0n) is 18.7. The highest BCUT2D eigenvalue weighted by atomic mass is 32.2. The topological polar surface area (TPSA) is 95.0 Å². The van der Waals surface area contributed by atoms with E-state index in [-0.39, 0.29) is 17.1 Å². The summed E-state index contributed by atoms with van der Waals surface area (Å²) in [6, 6.07) is 4.98. The van der Waals surface area contributed by atoms with Gasteiger partial charge in [-0.3, -0.25) is 4.57 Å². The molecule has 3 rings (SSSR count). The summed E-state index contributed by atoms with van der Waals surface area (Å²) in [4.78, 5) is 17.8. The summed E-state index contributed by atoms with van der Waals surface area (Å²) in [5.74, 6) is 1.31. The highest BCUT2D eigenvalue weighted by Crippen LogP contribution is 2.23. The molecule has 0 aliphatic carbocycles. The maximum atomic E-state index is 12.9. The fourth-order valence-corrected chi connectivity index (χ4v) is 4.30. The molecular weight excluding hydrogens is 404 g/mol. The molecule has 9 nitrogen and oxygen atoms in total. The Bertz CT molecular complexity index is 1240. The van der Waals surface area contributed by atoms with Gasteiger partial charge in [-0.05, 0) is 52.3 Å². The van der Waals surface area contributed by atoms with Crippen LogP contribution in [-0.2, 0) is 28.7 Å². The quantitative estimate of drug-likeness (QED) is 0.593. The first-order valence-electron chi connectivity index (χ1n) is 9.96. The lowest BCUT2D eigenvalue weighted by atomic mass is 10.1. The average molecular weight is 435 g/mol. The van der Waals surface area contributed by atoms with Gasteiger partial charge in [0.1, 0.15) is 11.6 Å². The van der Waals surface area contributed by atoms with Crippen LogP contribution in [-0.4, -0.2) is 50.7 Å². The Morgan fingerprint density at radius 3 is 2.33 bits per heavy atom. The summed E-state index contributed by atoms with van der Waals surface area (Å²) in [7, 11) is -0.549. The second-order valence-electron chi connectivity index (χ2n) is 8.62. The van der Waals surface area contributed by atoms with E-state index in [9.17, 15) is 13.2 Å². The van der Waals surface area contributed by atoms with Gasteiger partial charge in [0.05, 0.1) is 28.0 Å². The van der Waals surface area contributed by atoms with Gasteiger partial charge in [-0.1, -0.05) is 6.92 Å². The molecule has 0 unspecified atom stereocenters. The number of hydrogen-bond acceptors (Lipinski definition) is 5. The summed E-state index contributed by atoms with van der Waals surface area (Å²) < 4.78 is 31.3. The zero-order valence-corrected chi connectivity index (χ0v) is 19.5. The standard InChI is InChI=1S/C20H30N6O3S/c1-8-11-24-17-10-9-15(30(28,29)23(6)7)12-16(17)21-18(24)13-25-14(2)22-26(19(25)27)20(3,4)5/h9-10,12H,8,11,13H2,1-7H3. The molecule has 10 heteroatoms. The first kappa shape index (κ1) is 22.2. The molecule has 2 aromatic heterocycles. The van der Waals surface area contributed by atoms with E-state index >= 15 is 0 Å². The maximum Gasteiger partial charge on any atom is 0.346 e. The van der Waals surface area contributed by atoms with Crippen molar-refractivity contribution < 1.29 is 8.42 Å². The Hall–Kier alpha value is -2.46. The van der Waals surface area contributed by atoms with Crippen LogP contribution in [0.3, 0.4) is 0 Å². The fourth-order valence-electron chi connectivity index (χ4n) is 3.38. The zero-order chi connectivity index (χ0) is 22.4. The lowest BCUT2D eigenvalue weighted by molar-refractivity contribution is 0.340. The Balaban J connectivity index is 2.14. The summed E-state index contributed by atoms with van der Waals surface area (Å²) in [6.45, 7) is 10.7. The lowest BCUT2D eigenvalue weighted by Gasteiger charge is -2.16. The number of sulfonamides is 1. The SMILES string of the molecule is CCCn1c(Cn2c(C)nn(C(C)(C)C)c2=O)nc2cc(S(=O)(=O)N(C)C)ccc21. The van der Waals surface area contributed by atoms with Crippen molar-refractivity contribution >= 4 is 21.1 Å². The van der Waals surface area contributed by atoms with E-state index in [0.29, 0.717) is 23.7 Å². The van der Waals surface area contributed by atoms with Crippen LogP contribution in [0.15, 0.2) is 27.9 Å². The predicted molar refractivity (Wildman–Crippen MR) is 116 cm³/mol. The van der Waals surface area contributed by atoms with Gasteiger partial charge < -0.3 is 4.57 Å². The van der Waals surface area contributed by atoms with Gasteiger partial charge in [0.15, 0.2) is 0 Å².